The fourth-order valence-electron chi connectivity index (χ4n) is 5.06. The number of aromatic carboxylic acids is 1. The number of pyridine rings is 1. The highest BCUT2D eigenvalue weighted by atomic mass is 16.5. The number of H-pyrrole nitrogens is 1. The number of nitrogens with two attached hydrogens (primary N) is 1. The minimum atomic E-state index is -1.11. The molecular weight excluding hydrogens is 530 g/mol. The Hall–Kier alpha value is -5.44. The number of carbonyl (C=O) groups excluding carboxylic acids is 1. The number of carboxylic acids is 1. The summed E-state index contributed by atoms with van der Waals surface area (Å²) in [5.74, 6) is -1.02. The number of rotatable bonds is 10. The van der Waals surface area contributed by atoms with Crippen LogP contribution in [0.4, 0.5) is 0 Å². The number of aryl methyl sites for hydroxylation is 1. The summed E-state index contributed by atoms with van der Waals surface area (Å²) in [5, 5.41) is 21.5. The average molecular weight is 562 g/mol. The molecule has 0 bridgehead atoms. The third-order valence-electron chi connectivity index (χ3n) is 7.20. The summed E-state index contributed by atoms with van der Waals surface area (Å²) in [4.78, 5) is 32.8. The van der Waals surface area contributed by atoms with Crippen molar-refractivity contribution >= 4 is 28.6 Å². The molecule has 5 aromatic rings. The monoisotopic (exact) mass is 561 g/mol. The number of carboxylic acid groups (broad SMARTS) is 1. The number of aromatic nitrogens is 2. The molecule has 1 amide bonds. The number of amidine groups is 1. The minimum Gasteiger partial charge on any atom is -0.478 e. The molecular formula is C33H31N5O4. The van der Waals surface area contributed by atoms with Crippen LogP contribution in [0.3, 0.4) is 0 Å². The first-order chi connectivity index (χ1) is 20.2. The number of hydrogen-bond donors (Lipinski definition) is 5. The first-order valence-corrected chi connectivity index (χ1v) is 13.5. The molecule has 2 heterocycles. The van der Waals surface area contributed by atoms with Crippen molar-refractivity contribution in [1.82, 2.24) is 15.3 Å². The van der Waals surface area contributed by atoms with Crippen LogP contribution in [-0.4, -0.2) is 32.8 Å². The first-order valence-electron chi connectivity index (χ1n) is 13.5. The van der Waals surface area contributed by atoms with Crippen molar-refractivity contribution in [3.63, 3.8) is 0 Å². The summed E-state index contributed by atoms with van der Waals surface area (Å²) in [6.07, 6.45) is 4.29. The van der Waals surface area contributed by atoms with Crippen molar-refractivity contribution in [3.8, 4) is 11.5 Å². The van der Waals surface area contributed by atoms with Crippen LogP contribution in [0.25, 0.3) is 10.9 Å². The Balaban J connectivity index is 1.57. The third kappa shape index (κ3) is 5.85. The van der Waals surface area contributed by atoms with Crippen molar-refractivity contribution in [3.05, 3.63) is 124 Å². The number of benzene rings is 3. The van der Waals surface area contributed by atoms with Gasteiger partial charge < -0.3 is 25.9 Å². The molecule has 1 atom stereocenters. The van der Waals surface area contributed by atoms with E-state index in [0.717, 1.165) is 33.3 Å². The quantitative estimate of drug-likeness (QED) is 0.102. The predicted molar refractivity (Wildman–Crippen MR) is 162 cm³/mol. The lowest BCUT2D eigenvalue weighted by atomic mass is 9.87. The van der Waals surface area contributed by atoms with E-state index in [-0.39, 0.29) is 35.5 Å². The molecule has 1 unspecified atom stereocenters. The summed E-state index contributed by atoms with van der Waals surface area (Å²) in [6, 6.07) is 21.3. The molecule has 0 saturated heterocycles. The standard InChI is InChI=1S/C33H31N5O4/c1-3-23(27-18-37-28-15-20(31(34)35)8-10-24(27)28)25-11-9-21(32(39)38-17-22-6-4-5-13-36-22)16-30(25)42-29-12-7-19(2)14-26(29)33(40)41/h4-16,18,23,37H,3,17H2,1-2H3,(H3,34,35)(H,38,39)(H,40,41). The van der Waals surface area contributed by atoms with E-state index in [2.05, 4.69) is 22.2 Å². The molecule has 0 aliphatic carbocycles. The zero-order chi connectivity index (χ0) is 29.8. The number of aromatic amines is 1. The molecule has 212 valence electrons. The van der Waals surface area contributed by atoms with Crippen LogP contribution in [-0.2, 0) is 6.54 Å². The second kappa shape index (κ2) is 12.0. The lowest BCUT2D eigenvalue weighted by Crippen LogP contribution is -2.23. The normalized spacial score (nSPS) is 11.7. The second-order valence-electron chi connectivity index (χ2n) is 10.0. The topological polar surface area (TPSA) is 154 Å². The van der Waals surface area contributed by atoms with Crippen molar-refractivity contribution in [2.45, 2.75) is 32.7 Å². The van der Waals surface area contributed by atoms with Crippen molar-refractivity contribution in [1.29, 1.82) is 5.41 Å². The Bertz CT molecular complexity index is 1800. The van der Waals surface area contributed by atoms with Crippen LogP contribution < -0.4 is 15.8 Å². The lowest BCUT2D eigenvalue weighted by Gasteiger charge is -2.21. The predicted octanol–water partition coefficient (Wildman–Crippen LogP) is 6.12. The highest BCUT2D eigenvalue weighted by Gasteiger charge is 2.23. The zero-order valence-corrected chi connectivity index (χ0v) is 23.3. The van der Waals surface area contributed by atoms with E-state index >= 15 is 0 Å². The van der Waals surface area contributed by atoms with Gasteiger partial charge in [0.15, 0.2) is 0 Å². The summed E-state index contributed by atoms with van der Waals surface area (Å²) < 4.78 is 6.33. The summed E-state index contributed by atoms with van der Waals surface area (Å²) in [7, 11) is 0. The Morgan fingerprint density at radius 1 is 1.02 bits per heavy atom. The Morgan fingerprint density at radius 3 is 2.55 bits per heavy atom. The SMILES string of the molecule is CCC(c1ccc(C(=O)NCc2ccccn2)cc1Oc1ccc(C)cc1C(=O)O)c1c[nH]c2cc(C(=N)N)ccc12. The minimum absolute atomic E-state index is 0.0139. The van der Waals surface area contributed by atoms with Gasteiger partial charge in [-0.2, -0.15) is 0 Å². The summed E-state index contributed by atoms with van der Waals surface area (Å²) in [5.41, 5.74) is 10.9. The molecule has 5 rings (SSSR count). The lowest BCUT2D eigenvalue weighted by molar-refractivity contribution is 0.0693. The molecule has 0 spiro atoms. The van der Waals surface area contributed by atoms with E-state index in [0.29, 0.717) is 23.3 Å². The maximum Gasteiger partial charge on any atom is 0.339 e. The van der Waals surface area contributed by atoms with Gasteiger partial charge in [-0.25, -0.2) is 4.79 Å². The number of nitrogens with zero attached hydrogens (tertiary/aromatic N) is 1. The van der Waals surface area contributed by atoms with Crippen LogP contribution in [0.2, 0.25) is 0 Å². The van der Waals surface area contributed by atoms with Gasteiger partial charge >= 0.3 is 5.97 Å². The zero-order valence-electron chi connectivity index (χ0n) is 23.3. The summed E-state index contributed by atoms with van der Waals surface area (Å²) in [6.45, 7) is 4.13. The van der Waals surface area contributed by atoms with Gasteiger partial charge in [0, 0.05) is 45.9 Å². The Labute approximate surface area is 242 Å². The van der Waals surface area contributed by atoms with Crippen LogP contribution >= 0.6 is 0 Å². The van der Waals surface area contributed by atoms with E-state index in [9.17, 15) is 14.7 Å². The van der Waals surface area contributed by atoms with E-state index in [1.165, 1.54) is 0 Å². The maximum atomic E-state index is 13.2. The van der Waals surface area contributed by atoms with Crippen molar-refractivity contribution in [2.24, 2.45) is 5.73 Å². The van der Waals surface area contributed by atoms with Gasteiger partial charge in [0.2, 0.25) is 0 Å². The average Bonchev–Trinajstić information content (AvgIpc) is 3.41. The molecule has 2 aromatic heterocycles. The molecule has 6 N–H and O–H groups in total. The molecule has 0 aliphatic heterocycles. The number of nitrogen functional groups attached to an aromatic ring is 1. The van der Waals surface area contributed by atoms with Gasteiger partial charge in [0.05, 0.1) is 12.2 Å². The highest BCUT2D eigenvalue weighted by Crippen LogP contribution is 2.40. The number of amides is 1. The summed E-state index contributed by atoms with van der Waals surface area (Å²) >= 11 is 0. The molecule has 0 radical (unpaired) electrons. The highest BCUT2D eigenvalue weighted by molar-refractivity contribution is 5.99. The van der Waals surface area contributed by atoms with E-state index in [1.54, 1.807) is 36.5 Å². The third-order valence-corrected chi connectivity index (χ3v) is 7.20. The van der Waals surface area contributed by atoms with Gasteiger partial charge in [0.25, 0.3) is 5.91 Å². The van der Waals surface area contributed by atoms with Crippen LogP contribution in [0.15, 0.2) is 85.2 Å². The molecule has 42 heavy (non-hydrogen) atoms. The second-order valence-corrected chi connectivity index (χ2v) is 10.0. The van der Waals surface area contributed by atoms with E-state index in [4.69, 9.17) is 15.9 Å². The Kier molecular flexibility index (Phi) is 8.01. The van der Waals surface area contributed by atoms with Gasteiger partial charge in [0.1, 0.15) is 22.9 Å². The number of fused-ring (bicyclic) bond motifs is 1. The van der Waals surface area contributed by atoms with E-state index < -0.39 is 5.97 Å². The number of nitrogens with one attached hydrogen (secondary N) is 3. The molecule has 0 aliphatic rings. The molecule has 0 fully saturated rings. The van der Waals surface area contributed by atoms with E-state index in [1.807, 2.05) is 55.6 Å². The van der Waals surface area contributed by atoms with Crippen LogP contribution in [0.5, 0.6) is 11.5 Å². The van der Waals surface area contributed by atoms with Crippen LogP contribution in [0, 0.1) is 12.3 Å². The van der Waals surface area contributed by atoms with Crippen LogP contribution in [0.1, 0.15) is 67.9 Å². The molecule has 9 nitrogen and oxygen atoms in total. The van der Waals surface area contributed by atoms with Gasteiger partial charge in [-0.05, 0) is 61.4 Å². The number of hydrogen-bond acceptors (Lipinski definition) is 5. The van der Waals surface area contributed by atoms with Crippen molar-refractivity contribution < 1.29 is 19.4 Å². The smallest absolute Gasteiger partial charge is 0.339 e. The fourth-order valence-corrected chi connectivity index (χ4v) is 5.06. The van der Waals surface area contributed by atoms with Gasteiger partial charge in [-0.15, -0.1) is 0 Å². The van der Waals surface area contributed by atoms with Gasteiger partial charge in [-0.3, -0.25) is 15.2 Å². The van der Waals surface area contributed by atoms with Gasteiger partial charge in [-0.1, -0.05) is 42.8 Å². The number of carbonyl (C=O) groups is 2. The Morgan fingerprint density at radius 2 is 1.83 bits per heavy atom. The number of ether oxygens (including phenoxy) is 1. The first kappa shape index (κ1) is 28.1. The largest absolute Gasteiger partial charge is 0.478 e. The fraction of sp³-hybridized carbons (Fsp3) is 0.152. The molecule has 0 saturated carbocycles. The maximum absolute atomic E-state index is 13.2. The molecule has 3 aromatic carbocycles. The molecule has 9 heteroatoms. The van der Waals surface area contributed by atoms with Crippen molar-refractivity contribution in [2.75, 3.05) is 0 Å².